The summed E-state index contributed by atoms with van der Waals surface area (Å²) >= 11 is 0. The molecule has 2 N–H and O–H groups in total. The van der Waals surface area contributed by atoms with Gasteiger partial charge in [-0.25, -0.2) is 4.39 Å². The number of rotatable bonds is 10. The lowest BCUT2D eigenvalue weighted by Crippen LogP contribution is -2.31. The van der Waals surface area contributed by atoms with Crippen molar-refractivity contribution in [3.05, 3.63) is 107 Å². The van der Waals surface area contributed by atoms with Gasteiger partial charge in [-0.05, 0) is 35.7 Å². The average molecular weight is 362 g/mol. The van der Waals surface area contributed by atoms with Gasteiger partial charge in [-0.1, -0.05) is 78.9 Å². The second-order valence-corrected chi connectivity index (χ2v) is 6.67. The van der Waals surface area contributed by atoms with Gasteiger partial charge in [-0.2, -0.15) is 0 Å². The maximum atomic E-state index is 13.6. The van der Waals surface area contributed by atoms with Crippen molar-refractivity contribution in [3.63, 3.8) is 0 Å². The van der Waals surface area contributed by atoms with Crippen LogP contribution in [0.4, 0.5) is 4.39 Å². The number of nitrogens with one attached hydrogen (secondary N) is 2. The highest BCUT2D eigenvalue weighted by molar-refractivity contribution is 5.32. The molecule has 3 rings (SSSR count). The summed E-state index contributed by atoms with van der Waals surface area (Å²) in [6, 6.07) is 28.2. The maximum Gasteiger partial charge on any atom is 0.126 e. The SMILES string of the molecule is Fc1ccccc1CCNCCNCC(c1ccccc1)c1ccccc1. The van der Waals surface area contributed by atoms with Crippen molar-refractivity contribution in [2.75, 3.05) is 26.2 Å². The van der Waals surface area contributed by atoms with E-state index in [1.807, 2.05) is 12.1 Å². The Labute approximate surface area is 161 Å². The summed E-state index contributed by atoms with van der Waals surface area (Å²) in [6.07, 6.45) is 0.712. The molecule has 0 aliphatic carbocycles. The molecule has 0 aliphatic rings. The van der Waals surface area contributed by atoms with E-state index in [2.05, 4.69) is 71.3 Å². The minimum atomic E-state index is -0.119. The lowest BCUT2D eigenvalue weighted by molar-refractivity contribution is 0.576. The van der Waals surface area contributed by atoms with E-state index in [1.54, 1.807) is 6.07 Å². The lowest BCUT2D eigenvalue weighted by atomic mass is 9.91. The Morgan fingerprint density at radius 3 is 1.81 bits per heavy atom. The Morgan fingerprint density at radius 1 is 0.630 bits per heavy atom. The highest BCUT2D eigenvalue weighted by Crippen LogP contribution is 2.23. The van der Waals surface area contributed by atoms with E-state index >= 15 is 0 Å². The molecule has 0 aliphatic heterocycles. The number of halogens is 1. The molecule has 0 saturated carbocycles. The van der Waals surface area contributed by atoms with E-state index in [0.29, 0.717) is 12.3 Å². The molecular formula is C24H27FN2. The van der Waals surface area contributed by atoms with E-state index < -0.39 is 0 Å². The van der Waals surface area contributed by atoms with Gasteiger partial charge < -0.3 is 10.6 Å². The third kappa shape index (κ3) is 6.02. The summed E-state index contributed by atoms with van der Waals surface area (Å²) in [5.41, 5.74) is 3.42. The zero-order valence-corrected chi connectivity index (χ0v) is 15.6. The first-order chi connectivity index (χ1) is 13.3. The van der Waals surface area contributed by atoms with Crippen molar-refractivity contribution in [2.24, 2.45) is 0 Å². The number of hydrogen-bond donors (Lipinski definition) is 2. The molecule has 0 bridgehead atoms. The quantitative estimate of drug-likeness (QED) is 0.523. The highest BCUT2D eigenvalue weighted by Gasteiger charge is 2.12. The van der Waals surface area contributed by atoms with E-state index in [-0.39, 0.29) is 5.82 Å². The molecule has 0 amide bonds. The normalized spacial score (nSPS) is 11.0. The van der Waals surface area contributed by atoms with Gasteiger partial charge in [-0.3, -0.25) is 0 Å². The Hall–Kier alpha value is -2.49. The second-order valence-electron chi connectivity index (χ2n) is 6.67. The van der Waals surface area contributed by atoms with Gasteiger partial charge in [0.05, 0.1) is 0 Å². The molecule has 3 aromatic rings. The van der Waals surface area contributed by atoms with E-state index in [4.69, 9.17) is 0 Å². The highest BCUT2D eigenvalue weighted by atomic mass is 19.1. The summed E-state index contributed by atoms with van der Waals surface area (Å²) in [4.78, 5) is 0. The topological polar surface area (TPSA) is 24.1 Å². The fourth-order valence-electron chi connectivity index (χ4n) is 3.27. The van der Waals surface area contributed by atoms with Crippen LogP contribution >= 0.6 is 0 Å². The standard InChI is InChI=1S/C24H27FN2/c25-24-14-8-7-13-22(24)15-16-26-17-18-27-19-23(20-9-3-1-4-10-20)21-11-5-2-6-12-21/h1-14,23,26-27H,15-19H2. The molecular weight excluding hydrogens is 335 g/mol. The van der Waals surface area contributed by atoms with Crippen LogP contribution in [0.25, 0.3) is 0 Å². The molecule has 0 spiro atoms. The van der Waals surface area contributed by atoms with Crippen LogP contribution in [0.1, 0.15) is 22.6 Å². The molecule has 0 saturated heterocycles. The van der Waals surface area contributed by atoms with Gasteiger partial charge in [-0.15, -0.1) is 0 Å². The predicted molar refractivity (Wildman–Crippen MR) is 111 cm³/mol. The van der Waals surface area contributed by atoms with E-state index in [9.17, 15) is 4.39 Å². The van der Waals surface area contributed by atoms with Crippen molar-refractivity contribution in [3.8, 4) is 0 Å². The first kappa shape index (κ1) is 19.3. The Kier molecular flexibility index (Phi) is 7.57. The third-order valence-corrected chi connectivity index (χ3v) is 4.76. The zero-order chi connectivity index (χ0) is 18.7. The smallest absolute Gasteiger partial charge is 0.126 e. The van der Waals surface area contributed by atoms with Crippen LogP contribution in [0.3, 0.4) is 0 Å². The van der Waals surface area contributed by atoms with E-state index in [0.717, 1.165) is 31.7 Å². The van der Waals surface area contributed by atoms with Gasteiger partial charge in [0.2, 0.25) is 0 Å². The van der Waals surface area contributed by atoms with Crippen LogP contribution < -0.4 is 10.6 Å². The fourth-order valence-corrected chi connectivity index (χ4v) is 3.27. The largest absolute Gasteiger partial charge is 0.315 e. The van der Waals surface area contributed by atoms with Crippen LogP contribution in [-0.4, -0.2) is 26.2 Å². The Balaban J connectivity index is 1.43. The summed E-state index contributed by atoms with van der Waals surface area (Å²) in [5, 5.41) is 6.94. The minimum absolute atomic E-state index is 0.119. The first-order valence-electron chi connectivity index (χ1n) is 9.59. The third-order valence-electron chi connectivity index (χ3n) is 4.76. The van der Waals surface area contributed by atoms with Crippen LogP contribution in [0, 0.1) is 5.82 Å². The van der Waals surface area contributed by atoms with E-state index in [1.165, 1.54) is 17.2 Å². The van der Waals surface area contributed by atoms with Crippen molar-refractivity contribution in [2.45, 2.75) is 12.3 Å². The number of benzene rings is 3. The molecule has 0 radical (unpaired) electrons. The van der Waals surface area contributed by atoms with Gasteiger partial charge in [0, 0.05) is 25.6 Å². The second kappa shape index (κ2) is 10.6. The van der Waals surface area contributed by atoms with Crippen LogP contribution in [0.5, 0.6) is 0 Å². The molecule has 0 heterocycles. The molecule has 0 aromatic heterocycles. The zero-order valence-electron chi connectivity index (χ0n) is 15.6. The lowest BCUT2D eigenvalue weighted by Gasteiger charge is -2.19. The summed E-state index contributed by atoms with van der Waals surface area (Å²) in [7, 11) is 0. The monoisotopic (exact) mass is 362 g/mol. The number of hydrogen-bond acceptors (Lipinski definition) is 2. The molecule has 27 heavy (non-hydrogen) atoms. The van der Waals surface area contributed by atoms with Gasteiger partial charge in [0.1, 0.15) is 5.82 Å². The van der Waals surface area contributed by atoms with Gasteiger partial charge in [0.15, 0.2) is 0 Å². The average Bonchev–Trinajstić information content (AvgIpc) is 2.72. The summed E-state index contributed by atoms with van der Waals surface area (Å²) in [5.74, 6) is 0.219. The molecule has 0 atom stereocenters. The van der Waals surface area contributed by atoms with Crippen molar-refractivity contribution < 1.29 is 4.39 Å². The van der Waals surface area contributed by atoms with Crippen molar-refractivity contribution in [1.82, 2.24) is 10.6 Å². The summed E-state index contributed by atoms with van der Waals surface area (Å²) in [6.45, 7) is 3.42. The molecule has 0 fully saturated rings. The van der Waals surface area contributed by atoms with Gasteiger partial charge in [0.25, 0.3) is 0 Å². The maximum absolute atomic E-state index is 13.6. The Morgan fingerprint density at radius 2 is 1.19 bits per heavy atom. The molecule has 2 nitrogen and oxygen atoms in total. The first-order valence-corrected chi connectivity index (χ1v) is 9.59. The molecule has 0 unspecified atom stereocenters. The Bertz CT molecular complexity index is 750. The molecule has 140 valence electrons. The summed E-state index contributed by atoms with van der Waals surface area (Å²) < 4.78 is 13.6. The van der Waals surface area contributed by atoms with Gasteiger partial charge >= 0.3 is 0 Å². The van der Waals surface area contributed by atoms with Crippen LogP contribution in [0.2, 0.25) is 0 Å². The predicted octanol–water partition coefficient (Wildman–Crippen LogP) is 4.38. The minimum Gasteiger partial charge on any atom is -0.315 e. The van der Waals surface area contributed by atoms with Crippen molar-refractivity contribution >= 4 is 0 Å². The molecule has 3 aromatic carbocycles. The van der Waals surface area contributed by atoms with Crippen molar-refractivity contribution in [1.29, 1.82) is 0 Å². The molecule has 3 heteroatoms. The van der Waals surface area contributed by atoms with Crippen LogP contribution in [-0.2, 0) is 6.42 Å². The van der Waals surface area contributed by atoms with Crippen LogP contribution in [0.15, 0.2) is 84.9 Å². The fraction of sp³-hybridized carbons (Fsp3) is 0.250.